The van der Waals surface area contributed by atoms with Crippen molar-refractivity contribution in [3.63, 3.8) is 0 Å². The standard InChI is InChI=1S/C12H28P/c1-7-13(8-2,9-11(3)4)10-12(5)6/h11-12H,7-10H2,1-6H3/q+1. The van der Waals surface area contributed by atoms with E-state index in [-0.39, 0.29) is 0 Å². The lowest BCUT2D eigenvalue weighted by atomic mass is 10.3. The molecule has 80 valence electrons. The molecule has 0 saturated carbocycles. The van der Waals surface area contributed by atoms with Gasteiger partial charge in [-0.05, 0) is 25.7 Å². The summed E-state index contributed by atoms with van der Waals surface area (Å²) in [5.74, 6) is 1.79. The maximum absolute atomic E-state index is 2.40. The molecule has 0 atom stereocenters. The third-order valence-corrected chi connectivity index (χ3v) is 8.54. The van der Waals surface area contributed by atoms with Gasteiger partial charge in [0.15, 0.2) is 0 Å². The van der Waals surface area contributed by atoms with Crippen molar-refractivity contribution in [3.8, 4) is 0 Å². The molecule has 0 radical (unpaired) electrons. The van der Waals surface area contributed by atoms with Gasteiger partial charge in [-0.3, -0.25) is 0 Å². The van der Waals surface area contributed by atoms with E-state index in [0.717, 1.165) is 11.8 Å². The van der Waals surface area contributed by atoms with Crippen molar-refractivity contribution < 1.29 is 0 Å². The molecule has 1 heteroatoms. The van der Waals surface area contributed by atoms with Crippen molar-refractivity contribution in [2.75, 3.05) is 24.6 Å². The fraction of sp³-hybridized carbons (Fsp3) is 1.00. The van der Waals surface area contributed by atoms with Gasteiger partial charge < -0.3 is 0 Å². The SMILES string of the molecule is CC[P+](CC)(CC(C)C)CC(C)C. The van der Waals surface area contributed by atoms with Crippen LogP contribution in [-0.4, -0.2) is 24.6 Å². The number of hydrogen-bond acceptors (Lipinski definition) is 0. The van der Waals surface area contributed by atoms with Crippen molar-refractivity contribution >= 4 is 7.26 Å². The monoisotopic (exact) mass is 203 g/mol. The highest BCUT2D eigenvalue weighted by Crippen LogP contribution is 2.60. The van der Waals surface area contributed by atoms with Crippen molar-refractivity contribution in [2.45, 2.75) is 41.5 Å². The van der Waals surface area contributed by atoms with Crippen LogP contribution in [-0.2, 0) is 0 Å². The van der Waals surface area contributed by atoms with Gasteiger partial charge in [0.25, 0.3) is 0 Å². The Labute approximate surface area is 85.8 Å². The van der Waals surface area contributed by atoms with Gasteiger partial charge in [0.1, 0.15) is 0 Å². The molecule has 13 heavy (non-hydrogen) atoms. The summed E-state index contributed by atoms with van der Waals surface area (Å²) >= 11 is 0. The van der Waals surface area contributed by atoms with E-state index >= 15 is 0 Å². The van der Waals surface area contributed by atoms with Gasteiger partial charge in [0, 0.05) is 7.26 Å². The summed E-state index contributed by atoms with van der Waals surface area (Å²) < 4.78 is 0. The Morgan fingerprint density at radius 3 is 1.23 bits per heavy atom. The van der Waals surface area contributed by atoms with Gasteiger partial charge in [-0.1, -0.05) is 27.7 Å². The van der Waals surface area contributed by atoms with Gasteiger partial charge >= 0.3 is 0 Å². The van der Waals surface area contributed by atoms with Gasteiger partial charge in [-0.15, -0.1) is 0 Å². The quantitative estimate of drug-likeness (QED) is 0.563. The van der Waals surface area contributed by atoms with Crippen molar-refractivity contribution in [1.29, 1.82) is 0 Å². The van der Waals surface area contributed by atoms with E-state index in [1.807, 2.05) is 0 Å². The Kier molecular flexibility index (Phi) is 6.21. The molecule has 0 amide bonds. The zero-order chi connectivity index (χ0) is 10.5. The van der Waals surface area contributed by atoms with E-state index < -0.39 is 7.26 Å². The summed E-state index contributed by atoms with van der Waals surface area (Å²) in [6, 6.07) is 0. The first kappa shape index (κ1) is 13.4. The molecule has 0 unspecified atom stereocenters. The molecular formula is C12H28P+. The van der Waals surface area contributed by atoms with Gasteiger partial charge in [0.05, 0.1) is 24.6 Å². The minimum Gasteiger partial charge on any atom is -0.0593 e. The molecule has 0 heterocycles. The molecule has 0 saturated heterocycles. The highest BCUT2D eigenvalue weighted by Gasteiger charge is 2.34. The molecule has 0 N–H and O–H groups in total. The fourth-order valence-corrected chi connectivity index (χ4v) is 7.09. The van der Waals surface area contributed by atoms with E-state index in [0.29, 0.717) is 0 Å². The molecule has 0 aliphatic carbocycles. The zero-order valence-electron chi connectivity index (χ0n) is 10.4. The number of hydrogen-bond donors (Lipinski definition) is 0. The zero-order valence-corrected chi connectivity index (χ0v) is 11.3. The van der Waals surface area contributed by atoms with Crippen molar-refractivity contribution in [2.24, 2.45) is 11.8 Å². The first-order valence-electron chi connectivity index (χ1n) is 5.81. The van der Waals surface area contributed by atoms with E-state index in [1.54, 1.807) is 0 Å². The van der Waals surface area contributed by atoms with Crippen LogP contribution < -0.4 is 0 Å². The largest absolute Gasteiger partial charge is 0.0617 e. The fourth-order valence-electron chi connectivity index (χ4n) is 2.36. The summed E-state index contributed by atoms with van der Waals surface area (Å²) in [7, 11) is -0.570. The average molecular weight is 203 g/mol. The Bertz CT molecular complexity index is 111. The van der Waals surface area contributed by atoms with E-state index in [4.69, 9.17) is 0 Å². The molecule has 0 aromatic heterocycles. The summed E-state index contributed by atoms with van der Waals surface area (Å²) in [4.78, 5) is 0. The van der Waals surface area contributed by atoms with Crippen LogP contribution in [0.3, 0.4) is 0 Å². The Balaban J connectivity index is 4.30. The third kappa shape index (κ3) is 5.01. The first-order valence-corrected chi connectivity index (χ1v) is 8.33. The van der Waals surface area contributed by atoms with Crippen molar-refractivity contribution in [1.82, 2.24) is 0 Å². The second-order valence-electron chi connectivity index (χ2n) is 5.13. The highest BCUT2D eigenvalue weighted by atomic mass is 31.2. The third-order valence-electron chi connectivity index (χ3n) is 2.85. The Hall–Kier alpha value is 0.430. The predicted octanol–water partition coefficient (Wildman–Crippen LogP) is 4.36. The topological polar surface area (TPSA) is 0 Å². The molecule has 0 nitrogen and oxygen atoms in total. The predicted molar refractivity (Wildman–Crippen MR) is 67.4 cm³/mol. The molecular weight excluding hydrogens is 175 g/mol. The second kappa shape index (κ2) is 6.02. The summed E-state index contributed by atoms with van der Waals surface area (Å²) in [6.45, 7) is 14.3. The maximum Gasteiger partial charge on any atom is 0.0617 e. The van der Waals surface area contributed by atoms with Crippen molar-refractivity contribution in [3.05, 3.63) is 0 Å². The average Bonchev–Trinajstić information content (AvgIpc) is 2.01. The lowest BCUT2D eigenvalue weighted by molar-refractivity contribution is 0.709. The molecule has 0 aromatic rings. The lowest BCUT2D eigenvalue weighted by Crippen LogP contribution is -2.15. The summed E-state index contributed by atoms with van der Waals surface area (Å²) in [5, 5.41) is 0. The highest BCUT2D eigenvalue weighted by molar-refractivity contribution is 7.75. The molecule has 0 bridgehead atoms. The van der Waals surface area contributed by atoms with Crippen LogP contribution in [0.2, 0.25) is 0 Å². The molecule has 0 rings (SSSR count). The molecule has 0 fully saturated rings. The maximum atomic E-state index is 2.40. The first-order chi connectivity index (χ1) is 5.95. The van der Waals surface area contributed by atoms with Crippen LogP contribution in [0.1, 0.15) is 41.5 Å². The molecule has 0 spiro atoms. The Morgan fingerprint density at radius 1 is 0.769 bits per heavy atom. The van der Waals surface area contributed by atoms with Crippen LogP contribution in [0.25, 0.3) is 0 Å². The second-order valence-corrected chi connectivity index (χ2v) is 9.81. The van der Waals surface area contributed by atoms with Gasteiger partial charge in [-0.25, -0.2) is 0 Å². The van der Waals surface area contributed by atoms with Crippen LogP contribution in [0.4, 0.5) is 0 Å². The minimum atomic E-state index is -0.570. The van der Waals surface area contributed by atoms with E-state index in [2.05, 4.69) is 41.5 Å². The van der Waals surface area contributed by atoms with Gasteiger partial charge in [-0.2, -0.15) is 0 Å². The van der Waals surface area contributed by atoms with Crippen LogP contribution in [0.15, 0.2) is 0 Å². The normalized spacial score (nSPS) is 12.9. The minimum absolute atomic E-state index is 0.570. The summed E-state index contributed by atoms with van der Waals surface area (Å²) in [6.07, 6.45) is 5.94. The summed E-state index contributed by atoms with van der Waals surface area (Å²) in [5.41, 5.74) is 0. The van der Waals surface area contributed by atoms with Crippen LogP contribution >= 0.6 is 7.26 Å². The smallest absolute Gasteiger partial charge is 0.0593 e. The molecule has 0 aromatic carbocycles. The van der Waals surface area contributed by atoms with E-state index in [9.17, 15) is 0 Å². The Morgan fingerprint density at radius 2 is 1.08 bits per heavy atom. The number of rotatable bonds is 6. The molecule has 0 aliphatic rings. The van der Waals surface area contributed by atoms with Crippen LogP contribution in [0.5, 0.6) is 0 Å². The van der Waals surface area contributed by atoms with Gasteiger partial charge in [0.2, 0.25) is 0 Å². The van der Waals surface area contributed by atoms with Crippen LogP contribution in [0, 0.1) is 11.8 Å². The lowest BCUT2D eigenvalue weighted by Gasteiger charge is -2.28. The molecule has 0 aliphatic heterocycles. The van der Waals surface area contributed by atoms with E-state index in [1.165, 1.54) is 24.6 Å².